The quantitative estimate of drug-likeness (QED) is 0.170. The third kappa shape index (κ3) is 8.81. The Bertz CT molecular complexity index is 1730. The summed E-state index contributed by atoms with van der Waals surface area (Å²) in [4.78, 5) is 38.9. The molecule has 0 spiro atoms. The van der Waals surface area contributed by atoms with Crippen molar-refractivity contribution in [3.63, 3.8) is 0 Å². The number of ether oxygens (including phenoxy) is 3. The van der Waals surface area contributed by atoms with Crippen molar-refractivity contribution in [1.29, 1.82) is 0 Å². The molecule has 47 heavy (non-hydrogen) atoms. The molecule has 9 nitrogen and oxygen atoms in total. The number of rotatable bonds is 5. The summed E-state index contributed by atoms with van der Waals surface area (Å²) in [5.74, 6) is 0.137. The minimum atomic E-state index is -0.911. The Hall–Kier alpha value is -4.60. The van der Waals surface area contributed by atoms with Crippen molar-refractivity contribution in [3.8, 4) is 22.6 Å². The lowest BCUT2D eigenvalue weighted by molar-refractivity contribution is -0.368. The van der Waals surface area contributed by atoms with Crippen molar-refractivity contribution in [2.24, 2.45) is 0 Å². The molecule has 0 aromatic heterocycles. The molecule has 0 unspecified atom stereocenters. The largest absolute Gasteiger partial charge is 1.00 e. The molecule has 1 aliphatic heterocycles. The minimum Gasteiger partial charge on any atom is -1.00 e. The van der Waals surface area contributed by atoms with Crippen molar-refractivity contribution < 1.29 is 48.2 Å². The van der Waals surface area contributed by atoms with E-state index in [4.69, 9.17) is 14.2 Å². The van der Waals surface area contributed by atoms with E-state index < -0.39 is 24.0 Å². The number of carbonyl (C=O) groups excluding carboxylic acids is 3. The van der Waals surface area contributed by atoms with E-state index in [1.165, 1.54) is 7.11 Å². The van der Waals surface area contributed by atoms with Gasteiger partial charge in [-0.1, -0.05) is 72.8 Å². The molecule has 10 heteroatoms. The molecular formula is C37H44ClN3O6. The Morgan fingerprint density at radius 1 is 0.872 bits per heavy atom. The maximum Gasteiger partial charge on any atom is 0.328 e. The molecule has 0 saturated carbocycles. The van der Waals surface area contributed by atoms with E-state index >= 15 is 0 Å². The number of halogens is 1. The van der Waals surface area contributed by atoms with Gasteiger partial charge in [-0.25, -0.2) is 4.79 Å². The first-order valence-corrected chi connectivity index (χ1v) is 15.9. The van der Waals surface area contributed by atoms with Crippen LogP contribution in [-0.4, -0.2) is 56.7 Å². The number of unbranched alkanes of at least 4 members (excludes halogenated alkanes) is 1. The van der Waals surface area contributed by atoms with Crippen LogP contribution in [0.15, 0.2) is 84.9 Å². The van der Waals surface area contributed by atoms with Gasteiger partial charge in [0.05, 0.1) is 20.3 Å². The molecule has 1 heterocycles. The van der Waals surface area contributed by atoms with E-state index in [2.05, 4.69) is 40.6 Å². The summed E-state index contributed by atoms with van der Waals surface area (Å²) in [6.07, 6.45) is 6.41. The van der Waals surface area contributed by atoms with E-state index in [0.717, 1.165) is 45.6 Å². The first-order valence-electron chi connectivity index (χ1n) is 15.9. The number of fused-ring (bicyclic) bond motifs is 7. The summed E-state index contributed by atoms with van der Waals surface area (Å²) >= 11 is 0. The molecule has 0 aliphatic carbocycles. The van der Waals surface area contributed by atoms with Gasteiger partial charge in [-0.2, -0.15) is 0 Å². The smallest absolute Gasteiger partial charge is 0.328 e. The second kappa shape index (κ2) is 17.4. The molecule has 250 valence electrons. The van der Waals surface area contributed by atoms with Crippen LogP contribution in [0.5, 0.6) is 11.5 Å². The molecule has 5 N–H and O–H groups in total. The fourth-order valence-electron chi connectivity index (χ4n) is 5.80. The summed E-state index contributed by atoms with van der Waals surface area (Å²) in [7, 11) is 1.29. The predicted molar refractivity (Wildman–Crippen MR) is 180 cm³/mol. The molecule has 4 aromatic rings. The fraction of sp³-hybridized carbons (Fsp3) is 0.324. The zero-order valence-electron chi connectivity index (χ0n) is 26.6. The molecule has 2 atom stereocenters. The molecule has 1 aliphatic rings. The number of nitrogens with one attached hydrogen (secondary N) is 2. The van der Waals surface area contributed by atoms with E-state index in [-0.39, 0.29) is 39.2 Å². The highest BCUT2D eigenvalue weighted by atomic mass is 35.5. The zero-order chi connectivity index (χ0) is 32.3. The molecule has 0 bridgehead atoms. The molecule has 0 fully saturated rings. The zero-order valence-corrected chi connectivity index (χ0v) is 27.4. The average molecular weight is 663 g/mol. The van der Waals surface area contributed by atoms with Gasteiger partial charge in [-0.15, -0.1) is 0 Å². The molecule has 2 amide bonds. The number of hydrogen-bond donors (Lipinski definition) is 3. The normalized spacial score (nSPS) is 18.3. The van der Waals surface area contributed by atoms with Gasteiger partial charge in [0.1, 0.15) is 30.2 Å². The maximum absolute atomic E-state index is 13.3. The molecule has 0 saturated heterocycles. The van der Waals surface area contributed by atoms with Gasteiger partial charge >= 0.3 is 5.97 Å². The lowest BCUT2D eigenvalue weighted by atomic mass is 9.92. The fourth-order valence-corrected chi connectivity index (χ4v) is 5.80. The van der Waals surface area contributed by atoms with Crippen molar-refractivity contribution in [2.45, 2.75) is 50.6 Å². The van der Waals surface area contributed by atoms with Gasteiger partial charge in [-0.05, 0) is 65.8 Å². The van der Waals surface area contributed by atoms with Crippen LogP contribution >= 0.6 is 0 Å². The van der Waals surface area contributed by atoms with Gasteiger partial charge in [0, 0.05) is 19.0 Å². The maximum atomic E-state index is 13.3. The lowest BCUT2D eigenvalue weighted by Gasteiger charge is -2.22. The van der Waals surface area contributed by atoms with Crippen LogP contribution < -0.4 is 38.2 Å². The van der Waals surface area contributed by atoms with Crippen LogP contribution in [0, 0.1) is 0 Å². The van der Waals surface area contributed by atoms with Crippen LogP contribution in [0.1, 0.15) is 40.0 Å². The first kappa shape index (κ1) is 35.3. The highest BCUT2D eigenvalue weighted by molar-refractivity contribution is 6.09. The molecule has 5 rings (SSSR count). The van der Waals surface area contributed by atoms with Gasteiger partial charge in [0.25, 0.3) is 0 Å². The number of methoxy groups -OCH3 is 1. The Labute approximate surface area is 282 Å². The monoisotopic (exact) mass is 662 g/mol. The second-order valence-electron chi connectivity index (χ2n) is 11.3. The van der Waals surface area contributed by atoms with Crippen LogP contribution in [0.2, 0.25) is 0 Å². The van der Waals surface area contributed by atoms with Crippen molar-refractivity contribution in [3.05, 3.63) is 84.9 Å². The lowest BCUT2D eigenvalue weighted by Crippen LogP contribution is -3.00. The first-order chi connectivity index (χ1) is 22.5. The van der Waals surface area contributed by atoms with Crippen molar-refractivity contribution in [1.82, 2.24) is 10.6 Å². The average Bonchev–Trinajstić information content (AvgIpc) is 3.08. The van der Waals surface area contributed by atoms with E-state index in [0.29, 0.717) is 37.4 Å². The van der Waals surface area contributed by atoms with Gasteiger partial charge in [0.2, 0.25) is 11.8 Å². The Balaban J connectivity index is 0.00000312. The van der Waals surface area contributed by atoms with Gasteiger partial charge in [-0.3, -0.25) is 9.59 Å². The summed E-state index contributed by atoms with van der Waals surface area (Å²) < 4.78 is 17.8. The molecular weight excluding hydrogens is 618 g/mol. The standard InChI is InChI=1S/C37H41N3O6.ClH.H2/c1-44-37(43)30-16-7-9-23-45-31-20-18-25-11-2-4-13-27(25)34(31)35-28-14-5-3-12-26(28)19-21-32(35)46-24-10-17-33(41)39-29(36(42)40-30)15-6-8-22-38;;/h2-5,7,9,11-14,18-21,29-30H,6,8,10,15-17,22-24,38H2,1H3,(H,39,41)(H,40,42);2*1H/b9-7+;;/t29-,30+;;/m1../s1/i;;1+1. The number of hydrogen-bond acceptors (Lipinski definition) is 6. The van der Waals surface area contributed by atoms with Crippen LogP contribution in [-0.2, 0) is 19.1 Å². The van der Waals surface area contributed by atoms with E-state index in [1.54, 1.807) is 6.08 Å². The number of quaternary nitrogens is 1. The summed E-state index contributed by atoms with van der Waals surface area (Å²) in [5, 5.41) is 9.84. The van der Waals surface area contributed by atoms with Crippen molar-refractivity contribution in [2.75, 3.05) is 26.9 Å². The number of amides is 2. The summed E-state index contributed by atoms with van der Waals surface area (Å²) in [5.41, 5.74) is 5.70. The highest BCUT2D eigenvalue weighted by Gasteiger charge is 2.27. The number of esters is 1. The minimum absolute atomic E-state index is 0. The number of carbonyl (C=O) groups is 3. The predicted octanol–water partition coefficient (Wildman–Crippen LogP) is 1.96. The van der Waals surface area contributed by atoms with Crippen LogP contribution in [0.3, 0.4) is 0 Å². The summed E-state index contributed by atoms with van der Waals surface area (Å²) in [6.45, 7) is 1.26. The van der Waals surface area contributed by atoms with Gasteiger partial charge in [0.15, 0.2) is 0 Å². The Morgan fingerprint density at radius 3 is 2.15 bits per heavy atom. The van der Waals surface area contributed by atoms with Gasteiger partial charge < -0.3 is 43.0 Å². The van der Waals surface area contributed by atoms with E-state index in [9.17, 15) is 14.4 Å². The topological polar surface area (TPSA) is 131 Å². The number of benzene rings is 4. The molecule has 4 aromatic carbocycles. The summed E-state index contributed by atoms with van der Waals surface area (Å²) in [6, 6.07) is 22.7. The van der Waals surface area contributed by atoms with Crippen molar-refractivity contribution >= 4 is 39.3 Å². The Kier molecular flexibility index (Phi) is 13.0. The second-order valence-corrected chi connectivity index (χ2v) is 11.3. The van der Waals surface area contributed by atoms with Crippen LogP contribution in [0.4, 0.5) is 0 Å². The Morgan fingerprint density at radius 2 is 1.51 bits per heavy atom. The third-order valence-electron chi connectivity index (χ3n) is 8.16. The SMILES string of the molecule is COC(=O)[C@@H]1C/C=C/COc2ccc3ccccc3c2-c2c(ccc3ccccc23)OCCCC(=O)N[C@H](CCCC[NH3+])C(=O)N1.[2HH].[Cl-]. The van der Waals surface area contributed by atoms with Crippen LogP contribution in [0.25, 0.3) is 32.7 Å². The third-order valence-corrected chi connectivity index (χ3v) is 8.16. The molecule has 0 radical (unpaired) electrons. The highest BCUT2D eigenvalue weighted by Crippen LogP contribution is 2.45. The van der Waals surface area contributed by atoms with E-state index in [1.807, 2.05) is 54.6 Å².